The molecule has 1 aromatic carbocycles. The van der Waals surface area contributed by atoms with E-state index in [9.17, 15) is 4.79 Å². The predicted molar refractivity (Wildman–Crippen MR) is 117 cm³/mol. The Kier molecular flexibility index (Phi) is 6.30. The number of hydrogen-bond donors (Lipinski definition) is 2. The van der Waals surface area contributed by atoms with Crippen LogP contribution in [0.3, 0.4) is 0 Å². The van der Waals surface area contributed by atoms with Crippen LogP contribution in [0.5, 0.6) is 0 Å². The first-order chi connectivity index (χ1) is 13.5. The molecule has 1 aromatic heterocycles. The van der Waals surface area contributed by atoms with Crippen molar-refractivity contribution in [2.45, 2.75) is 38.5 Å². The van der Waals surface area contributed by atoms with Crippen LogP contribution < -0.4 is 21.9 Å². The summed E-state index contributed by atoms with van der Waals surface area (Å²) in [6, 6.07) is 7.13. The largest absolute Gasteiger partial charge is 0.383 e. The van der Waals surface area contributed by atoms with Gasteiger partial charge in [-0.05, 0) is 55.8 Å². The third-order valence-corrected chi connectivity index (χ3v) is 6.45. The van der Waals surface area contributed by atoms with Crippen molar-refractivity contribution in [3.8, 4) is 11.1 Å². The molecule has 2 aliphatic rings. The first-order valence-electron chi connectivity index (χ1n) is 9.94. The molecule has 1 spiro atoms. The molecule has 0 unspecified atom stereocenters. The Balaban J connectivity index is 0.00000109. The van der Waals surface area contributed by atoms with Gasteiger partial charge in [0.1, 0.15) is 5.82 Å². The zero-order valence-electron chi connectivity index (χ0n) is 16.7. The average molecular weight is 404 g/mol. The quantitative estimate of drug-likeness (QED) is 0.801. The Morgan fingerprint density at radius 1 is 1.04 bits per heavy atom. The van der Waals surface area contributed by atoms with Crippen LogP contribution in [0, 0.1) is 5.41 Å². The summed E-state index contributed by atoms with van der Waals surface area (Å²) in [5, 5.41) is 0.628. The Hall–Kier alpha value is -2.05. The van der Waals surface area contributed by atoms with E-state index in [-0.39, 0.29) is 11.4 Å². The van der Waals surface area contributed by atoms with Crippen LogP contribution in [-0.2, 0) is 7.05 Å². The van der Waals surface area contributed by atoms with E-state index >= 15 is 0 Å². The Morgan fingerprint density at radius 3 is 2.18 bits per heavy atom. The van der Waals surface area contributed by atoms with Gasteiger partial charge < -0.3 is 16.4 Å². The second-order valence-corrected chi connectivity index (χ2v) is 8.17. The van der Waals surface area contributed by atoms with Gasteiger partial charge in [0.15, 0.2) is 0 Å². The van der Waals surface area contributed by atoms with Gasteiger partial charge in [-0.2, -0.15) is 4.98 Å². The number of anilines is 2. The fourth-order valence-electron chi connectivity index (χ4n) is 4.58. The summed E-state index contributed by atoms with van der Waals surface area (Å²) < 4.78 is 1.63. The Labute approximate surface area is 171 Å². The lowest BCUT2D eigenvalue weighted by atomic mass is 9.77. The number of nitrogens with two attached hydrogens (primary N) is 2. The molecule has 6 nitrogen and oxygen atoms in total. The highest BCUT2D eigenvalue weighted by atomic mass is 35.5. The van der Waals surface area contributed by atoms with Crippen molar-refractivity contribution >= 4 is 23.4 Å². The van der Waals surface area contributed by atoms with Gasteiger partial charge in [0.25, 0.3) is 5.56 Å². The van der Waals surface area contributed by atoms with Crippen molar-refractivity contribution in [1.82, 2.24) is 9.55 Å². The fraction of sp³-hybridized carbons (Fsp3) is 0.524. The number of nitrogen functional groups attached to an aromatic ring is 1. The van der Waals surface area contributed by atoms with Gasteiger partial charge in [0.05, 0.1) is 5.56 Å². The third kappa shape index (κ3) is 3.89. The lowest BCUT2D eigenvalue weighted by Crippen LogP contribution is -2.42. The van der Waals surface area contributed by atoms with Crippen molar-refractivity contribution in [3.63, 3.8) is 0 Å². The summed E-state index contributed by atoms with van der Waals surface area (Å²) in [5.41, 5.74) is 12.3. The van der Waals surface area contributed by atoms with E-state index < -0.39 is 0 Å². The molecule has 152 valence electrons. The molecule has 1 saturated heterocycles. The summed E-state index contributed by atoms with van der Waals surface area (Å²) in [4.78, 5) is 19.8. The summed E-state index contributed by atoms with van der Waals surface area (Å²) in [5.74, 6) is 0.963. The second-order valence-electron chi connectivity index (χ2n) is 7.74. The van der Waals surface area contributed by atoms with E-state index in [1.165, 1.54) is 45.6 Å². The molecule has 2 fully saturated rings. The van der Waals surface area contributed by atoms with Crippen molar-refractivity contribution < 1.29 is 0 Å². The number of nitrogens with zero attached hydrogens (tertiary/aromatic N) is 3. The van der Waals surface area contributed by atoms with E-state index in [0.717, 1.165) is 18.7 Å². The maximum Gasteiger partial charge on any atom is 0.264 e. The monoisotopic (exact) mass is 403 g/mol. The molecule has 2 heterocycles. The number of aromatic nitrogens is 2. The van der Waals surface area contributed by atoms with Crippen LogP contribution in [-0.4, -0.2) is 29.7 Å². The smallest absolute Gasteiger partial charge is 0.264 e. The van der Waals surface area contributed by atoms with Gasteiger partial charge in [-0.15, -0.1) is 0 Å². The topological polar surface area (TPSA) is 90.2 Å². The van der Waals surface area contributed by atoms with Crippen molar-refractivity contribution in [2.75, 3.05) is 30.8 Å². The zero-order valence-corrected chi connectivity index (χ0v) is 17.5. The molecule has 7 heteroatoms. The van der Waals surface area contributed by atoms with E-state index in [1.807, 2.05) is 12.1 Å². The first-order valence-corrected chi connectivity index (χ1v) is 10.3. The minimum Gasteiger partial charge on any atom is -0.383 e. The number of piperidine rings is 1. The first kappa shape index (κ1) is 20.7. The molecule has 4 N–H and O–H groups in total. The molecule has 1 saturated carbocycles. The average Bonchev–Trinajstić information content (AvgIpc) is 3.17. The van der Waals surface area contributed by atoms with Gasteiger partial charge in [-0.25, -0.2) is 0 Å². The van der Waals surface area contributed by atoms with E-state index in [0.29, 0.717) is 21.9 Å². The van der Waals surface area contributed by atoms with Crippen molar-refractivity contribution in [1.29, 1.82) is 0 Å². The third-order valence-electron chi connectivity index (χ3n) is 6.20. The molecule has 0 radical (unpaired) electrons. The molecule has 28 heavy (non-hydrogen) atoms. The van der Waals surface area contributed by atoms with Crippen LogP contribution in [0.4, 0.5) is 11.8 Å². The molecule has 0 bridgehead atoms. The molecule has 2 aromatic rings. The van der Waals surface area contributed by atoms with Crippen LogP contribution >= 0.6 is 11.6 Å². The minimum absolute atomic E-state index is 0.115. The normalized spacial score (nSPS) is 18.1. The molecule has 0 amide bonds. The summed E-state index contributed by atoms with van der Waals surface area (Å²) >= 11 is 5.95. The van der Waals surface area contributed by atoms with Gasteiger partial charge in [0.2, 0.25) is 5.95 Å². The molecular formula is C21H30ClN5O. The maximum absolute atomic E-state index is 13.0. The fourth-order valence-corrected chi connectivity index (χ4v) is 4.71. The molecule has 4 rings (SSSR count). The summed E-state index contributed by atoms with van der Waals surface area (Å²) in [6.07, 6.45) is 7.79. The van der Waals surface area contributed by atoms with Crippen LogP contribution in [0.25, 0.3) is 11.1 Å². The predicted octanol–water partition coefficient (Wildman–Crippen LogP) is 3.42. The SMILES string of the molecule is CN.Cn1c(N2CCC3(CCCC3)CC2)nc(N)c(-c2ccc(Cl)cc2)c1=O. The van der Waals surface area contributed by atoms with Gasteiger partial charge >= 0.3 is 0 Å². The van der Waals surface area contributed by atoms with E-state index in [4.69, 9.17) is 17.3 Å². The number of halogens is 1. The second kappa shape index (κ2) is 8.53. The highest BCUT2D eigenvalue weighted by Crippen LogP contribution is 2.46. The Bertz CT molecular complexity index is 862. The van der Waals surface area contributed by atoms with E-state index in [1.54, 1.807) is 23.7 Å². The van der Waals surface area contributed by atoms with Gasteiger partial charge in [0, 0.05) is 25.2 Å². The molecule has 1 aliphatic heterocycles. The summed E-state index contributed by atoms with van der Waals surface area (Å²) in [7, 11) is 3.28. The number of hydrogen-bond acceptors (Lipinski definition) is 5. The standard InChI is InChI=1S/C20H25ClN4O.CH5N/c1-24-18(26)16(14-4-6-15(21)7-5-14)17(22)23-19(24)25-12-10-20(11-13-25)8-2-3-9-20;1-2/h4-7H,2-3,8-13,22H2,1H3;2H2,1H3. The molecule has 0 atom stereocenters. The highest BCUT2D eigenvalue weighted by Gasteiger charge is 2.37. The summed E-state index contributed by atoms with van der Waals surface area (Å²) in [6.45, 7) is 1.89. The maximum atomic E-state index is 13.0. The van der Waals surface area contributed by atoms with E-state index in [2.05, 4.69) is 15.6 Å². The number of benzene rings is 1. The molecule has 1 aliphatic carbocycles. The van der Waals surface area contributed by atoms with Crippen LogP contribution in [0.1, 0.15) is 38.5 Å². The van der Waals surface area contributed by atoms with Crippen LogP contribution in [0.15, 0.2) is 29.1 Å². The van der Waals surface area contributed by atoms with Gasteiger partial charge in [-0.1, -0.05) is 36.6 Å². The lowest BCUT2D eigenvalue weighted by molar-refractivity contribution is 0.225. The minimum atomic E-state index is -0.115. The van der Waals surface area contributed by atoms with Gasteiger partial charge in [-0.3, -0.25) is 9.36 Å². The molecular weight excluding hydrogens is 374 g/mol. The van der Waals surface area contributed by atoms with Crippen molar-refractivity contribution in [2.24, 2.45) is 18.2 Å². The Morgan fingerprint density at radius 2 is 1.61 bits per heavy atom. The van der Waals surface area contributed by atoms with Crippen LogP contribution in [0.2, 0.25) is 5.02 Å². The number of rotatable bonds is 2. The zero-order chi connectivity index (χ0) is 20.3. The highest BCUT2D eigenvalue weighted by molar-refractivity contribution is 6.30. The lowest BCUT2D eigenvalue weighted by Gasteiger charge is -2.40. The van der Waals surface area contributed by atoms with Crippen molar-refractivity contribution in [3.05, 3.63) is 39.6 Å².